The van der Waals surface area contributed by atoms with E-state index in [4.69, 9.17) is 18.9 Å². The predicted molar refractivity (Wildman–Crippen MR) is 91.7 cm³/mol. The molecule has 1 aliphatic heterocycles. The summed E-state index contributed by atoms with van der Waals surface area (Å²) in [6.45, 7) is 1.59. The van der Waals surface area contributed by atoms with Crippen LogP contribution in [-0.4, -0.2) is 32.4 Å². The fourth-order valence-electron chi connectivity index (χ4n) is 2.26. The molecule has 0 N–H and O–H groups in total. The molecular formula is C18H17BrO5. The van der Waals surface area contributed by atoms with Crippen LogP contribution in [-0.2, 0) is 16.0 Å². The quantitative estimate of drug-likeness (QED) is 0.557. The molecule has 0 saturated carbocycles. The Morgan fingerprint density at radius 2 is 1.75 bits per heavy atom. The molecule has 1 heterocycles. The van der Waals surface area contributed by atoms with Crippen LogP contribution in [0.15, 0.2) is 46.9 Å². The fourth-order valence-corrected chi connectivity index (χ4v) is 2.53. The Bertz CT molecular complexity index is 699. The first-order chi connectivity index (χ1) is 11.7. The summed E-state index contributed by atoms with van der Waals surface area (Å²) in [4.78, 5) is 11.9. The maximum Gasteiger partial charge on any atom is 0.310 e. The Hall–Kier alpha value is -2.21. The van der Waals surface area contributed by atoms with Gasteiger partial charge in [0.1, 0.15) is 32.2 Å². The normalized spacial score (nSPS) is 12.5. The summed E-state index contributed by atoms with van der Waals surface area (Å²) >= 11 is 3.36. The van der Waals surface area contributed by atoms with Crippen LogP contribution in [0, 0.1) is 0 Å². The van der Waals surface area contributed by atoms with Crippen LogP contribution in [0.2, 0.25) is 0 Å². The second kappa shape index (κ2) is 8.06. The van der Waals surface area contributed by atoms with E-state index in [9.17, 15) is 4.79 Å². The molecule has 5 nitrogen and oxygen atoms in total. The lowest BCUT2D eigenvalue weighted by Crippen LogP contribution is -2.16. The summed E-state index contributed by atoms with van der Waals surface area (Å²) in [6.07, 6.45) is 0.189. The van der Waals surface area contributed by atoms with Gasteiger partial charge in [0, 0.05) is 4.47 Å². The van der Waals surface area contributed by atoms with E-state index in [1.807, 2.05) is 42.5 Å². The third-order valence-electron chi connectivity index (χ3n) is 3.38. The van der Waals surface area contributed by atoms with E-state index >= 15 is 0 Å². The monoisotopic (exact) mass is 392 g/mol. The first-order valence-corrected chi connectivity index (χ1v) is 8.42. The summed E-state index contributed by atoms with van der Waals surface area (Å²) in [6, 6.07) is 12.9. The molecule has 0 radical (unpaired) electrons. The van der Waals surface area contributed by atoms with Crippen LogP contribution < -0.4 is 14.2 Å². The average molecular weight is 393 g/mol. The molecular weight excluding hydrogens is 376 g/mol. The molecule has 0 saturated heterocycles. The highest BCUT2D eigenvalue weighted by molar-refractivity contribution is 9.10. The van der Waals surface area contributed by atoms with Crippen LogP contribution in [0.5, 0.6) is 17.2 Å². The Balaban J connectivity index is 1.41. The lowest BCUT2D eigenvalue weighted by Gasteiger charge is -2.18. The number of halogens is 1. The highest BCUT2D eigenvalue weighted by Crippen LogP contribution is 2.30. The Morgan fingerprint density at radius 1 is 1.00 bits per heavy atom. The van der Waals surface area contributed by atoms with Gasteiger partial charge in [-0.05, 0) is 42.0 Å². The lowest BCUT2D eigenvalue weighted by molar-refractivity contribution is -0.143. The van der Waals surface area contributed by atoms with Crippen molar-refractivity contribution < 1.29 is 23.7 Å². The molecule has 0 aromatic heterocycles. The summed E-state index contributed by atoms with van der Waals surface area (Å²) in [5.74, 6) is 1.82. The SMILES string of the molecule is O=C(Cc1ccc2c(c1)OCCO2)OCCOc1ccc(Br)cc1. The minimum absolute atomic E-state index is 0.189. The molecule has 0 fully saturated rings. The molecule has 2 aromatic rings. The van der Waals surface area contributed by atoms with E-state index in [0.29, 0.717) is 31.3 Å². The van der Waals surface area contributed by atoms with Gasteiger partial charge in [-0.1, -0.05) is 22.0 Å². The third kappa shape index (κ3) is 4.64. The zero-order valence-electron chi connectivity index (χ0n) is 13.0. The van der Waals surface area contributed by atoms with Crippen LogP contribution in [0.25, 0.3) is 0 Å². The van der Waals surface area contributed by atoms with Crippen LogP contribution in [0.3, 0.4) is 0 Å². The summed E-state index contributed by atoms with van der Waals surface area (Å²) in [5.41, 5.74) is 0.832. The number of hydrogen-bond acceptors (Lipinski definition) is 5. The minimum Gasteiger partial charge on any atom is -0.490 e. The zero-order chi connectivity index (χ0) is 16.8. The standard InChI is InChI=1S/C18H17BrO5/c19-14-2-4-15(5-3-14)21-7-10-24-18(20)12-13-1-6-16-17(11-13)23-9-8-22-16/h1-6,11H,7-10,12H2. The second-order valence-corrected chi connectivity index (χ2v) is 6.09. The van der Waals surface area contributed by atoms with Gasteiger partial charge in [-0.15, -0.1) is 0 Å². The molecule has 1 aliphatic rings. The van der Waals surface area contributed by atoms with Gasteiger partial charge >= 0.3 is 5.97 Å². The number of fused-ring (bicyclic) bond motifs is 1. The smallest absolute Gasteiger partial charge is 0.310 e. The molecule has 126 valence electrons. The van der Waals surface area contributed by atoms with E-state index in [1.165, 1.54) is 0 Å². The summed E-state index contributed by atoms with van der Waals surface area (Å²) < 4.78 is 22.6. The first kappa shape index (κ1) is 16.6. The summed E-state index contributed by atoms with van der Waals surface area (Å²) in [5, 5.41) is 0. The fraction of sp³-hybridized carbons (Fsp3) is 0.278. The predicted octanol–water partition coefficient (Wildman–Crippen LogP) is 3.39. The molecule has 0 bridgehead atoms. The summed E-state index contributed by atoms with van der Waals surface area (Å²) in [7, 11) is 0. The molecule has 24 heavy (non-hydrogen) atoms. The van der Waals surface area contributed by atoms with Crippen molar-refractivity contribution in [1.29, 1.82) is 0 Å². The Morgan fingerprint density at radius 3 is 2.54 bits per heavy atom. The molecule has 2 aromatic carbocycles. The Kier molecular flexibility index (Phi) is 5.59. The lowest BCUT2D eigenvalue weighted by atomic mass is 10.1. The molecule has 3 rings (SSSR count). The number of carbonyl (C=O) groups is 1. The van der Waals surface area contributed by atoms with Crippen molar-refractivity contribution in [2.45, 2.75) is 6.42 Å². The van der Waals surface area contributed by atoms with Crippen molar-refractivity contribution in [3.63, 3.8) is 0 Å². The van der Waals surface area contributed by atoms with Gasteiger partial charge in [0.05, 0.1) is 6.42 Å². The largest absolute Gasteiger partial charge is 0.490 e. The van der Waals surface area contributed by atoms with Crippen LogP contribution in [0.4, 0.5) is 0 Å². The van der Waals surface area contributed by atoms with E-state index < -0.39 is 0 Å². The molecule has 0 aliphatic carbocycles. The number of benzene rings is 2. The van der Waals surface area contributed by atoms with Crippen molar-refractivity contribution in [1.82, 2.24) is 0 Å². The van der Waals surface area contributed by atoms with Crippen molar-refractivity contribution in [3.8, 4) is 17.2 Å². The van der Waals surface area contributed by atoms with E-state index in [-0.39, 0.29) is 19.0 Å². The van der Waals surface area contributed by atoms with Gasteiger partial charge in [-0.25, -0.2) is 0 Å². The first-order valence-electron chi connectivity index (χ1n) is 7.63. The van der Waals surface area contributed by atoms with Crippen molar-refractivity contribution in [2.75, 3.05) is 26.4 Å². The van der Waals surface area contributed by atoms with Gasteiger partial charge in [0.2, 0.25) is 0 Å². The van der Waals surface area contributed by atoms with E-state index in [2.05, 4.69) is 15.9 Å². The molecule has 6 heteroatoms. The Labute approximate surface area is 148 Å². The number of carbonyl (C=O) groups excluding carboxylic acids is 1. The second-order valence-electron chi connectivity index (χ2n) is 5.18. The van der Waals surface area contributed by atoms with Crippen molar-refractivity contribution in [2.24, 2.45) is 0 Å². The average Bonchev–Trinajstić information content (AvgIpc) is 2.60. The van der Waals surface area contributed by atoms with Gasteiger partial charge < -0.3 is 18.9 Å². The zero-order valence-corrected chi connectivity index (χ0v) is 14.6. The third-order valence-corrected chi connectivity index (χ3v) is 3.91. The molecule has 0 amide bonds. The number of ether oxygens (including phenoxy) is 4. The minimum atomic E-state index is -0.300. The number of esters is 1. The van der Waals surface area contributed by atoms with Crippen LogP contribution >= 0.6 is 15.9 Å². The van der Waals surface area contributed by atoms with Crippen LogP contribution in [0.1, 0.15) is 5.56 Å². The van der Waals surface area contributed by atoms with Gasteiger partial charge in [0.15, 0.2) is 11.5 Å². The number of hydrogen-bond donors (Lipinski definition) is 0. The molecule has 0 unspecified atom stereocenters. The molecule has 0 atom stereocenters. The topological polar surface area (TPSA) is 54.0 Å². The van der Waals surface area contributed by atoms with Crippen molar-refractivity contribution in [3.05, 3.63) is 52.5 Å². The van der Waals surface area contributed by atoms with Gasteiger partial charge in [-0.3, -0.25) is 4.79 Å². The van der Waals surface area contributed by atoms with E-state index in [1.54, 1.807) is 0 Å². The van der Waals surface area contributed by atoms with Gasteiger partial charge in [0.25, 0.3) is 0 Å². The highest BCUT2D eigenvalue weighted by atomic mass is 79.9. The van der Waals surface area contributed by atoms with E-state index in [0.717, 1.165) is 15.8 Å². The molecule has 0 spiro atoms. The highest BCUT2D eigenvalue weighted by Gasteiger charge is 2.13. The number of rotatable bonds is 6. The maximum absolute atomic E-state index is 11.9. The van der Waals surface area contributed by atoms with Crippen molar-refractivity contribution >= 4 is 21.9 Å². The van der Waals surface area contributed by atoms with Gasteiger partial charge in [-0.2, -0.15) is 0 Å². The maximum atomic E-state index is 11.9.